The van der Waals surface area contributed by atoms with E-state index in [1.807, 2.05) is 35.7 Å². The lowest BCUT2D eigenvalue weighted by atomic mass is 9.93. The van der Waals surface area contributed by atoms with Gasteiger partial charge in [-0.15, -0.1) is 16.5 Å². The fourth-order valence-corrected chi connectivity index (χ4v) is 3.92. The Hall–Kier alpha value is -3.03. The van der Waals surface area contributed by atoms with Crippen LogP contribution in [-0.4, -0.2) is 14.8 Å². The number of aromatic nitrogens is 3. The molecule has 0 atom stereocenters. The maximum atomic E-state index is 13.2. The Morgan fingerprint density at radius 1 is 1.03 bits per heavy atom. The fraction of sp³-hybridized carbons (Fsp3) is 0.182. The number of nitrogens with zero attached hydrogens (tertiary/aromatic N) is 4. The van der Waals surface area contributed by atoms with Crippen molar-refractivity contribution in [3.05, 3.63) is 81.0 Å². The van der Waals surface area contributed by atoms with E-state index in [-0.39, 0.29) is 16.7 Å². The number of hydrogen-bond acceptors (Lipinski definition) is 5. The Kier molecular flexibility index (Phi) is 5.40. The average molecular weight is 438 g/mol. The van der Waals surface area contributed by atoms with E-state index in [2.05, 4.69) is 41.1 Å². The van der Waals surface area contributed by atoms with E-state index in [0.29, 0.717) is 21.5 Å². The van der Waals surface area contributed by atoms with E-state index in [1.54, 1.807) is 24.3 Å². The highest BCUT2D eigenvalue weighted by Crippen LogP contribution is 2.30. The van der Waals surface area contributed by atoms with Gasteiger partial charge in [0.15, 0.2) is 5.69 Å². The molecule has 0 bridgehead atoms. The first kappa shape index (κ1) is 20.3. The zero-order valence-electron chi connectivity index (χ0n) is 16.8. The van der Waals surface area contributed by atoms with Crippen LogP contribution in [-0.2, 0) is 5.41 Å². The summed E-state index contributed by atoms with van der Waals surface area (Å²) in [7, 11) is 0. The number of nitrogens with one attached hydrogen (secondary N) is 1. The number of azo groups is 1. The first-order valence-corrected chi connectivity index (χ1v) is 10.6. The van der Waals surface area contributed by atoms with Gasteiger partial charge in [-0.25, -0.2) is 4.98 Å². The highest BCUT2D eigenvalue weighted by molar-refractivity contribution is 7.12. The molecule has 8 heteroatoms. The van der Waals surface area contributed by atoms with Crippen LogP contribution >= 0.6 is 22.9 Å². The molecular weight excluding hydrogens is 418 g/mol. The first-order valence-electron chi connectivity index (χ1n) is 9.37. The van der Waals surface area contributed by atoms with Crippen LogP contribution in [0.2, 0.25) is 5.02 Å². The molecule has 2 aromatic carbocycles. The summed E-state index contributed by atoms with van der Waals surface area (Å²) in [6, 6.07) is 16.5. The first-order chi connectivity index (χ1) is 14.3. The zero-order chi connectivity index (χ0) is 21.3. The molecule has 2 heterocycles. The van der Waals surface area contributed by atoms with E-state index in [1.165, 1.54) is 16.0 Å². The molecule has 0 aliphatic rings. The minimum Gasteiger partial charge on any atom is -0.286 e. The molecule has 0 unspecified atom stereocenters. The summed E-state index contributed by atoms with van der Waals surface area (Å²) in [5, 5.41) is 14.8. The highest BCUT2D eigenvalue weighted by Gasteiger charge is 2.22. The van der Waals surface area contributed by atoms with Crippen LogP contribution in [0.25, 0.3) is 16.4 Å². The summed E-state index contributed by atoms with van der Waals surface area (Å²) in [4.78, 5) is 17.9. The molecule has 2 aromatic heterocycles. The highest BCUT2D eigenvalue weighted by atomic mass is 35.5. The normalized spacial score (nSPS) is 12.0. The smallest absolute Gasteiger partial charge is 0.286 e. The van der Waals surface area contributed by atoms with E-state index in [0.717, 1.165) is 11.3 Å². The maximum absolute atomic E-state index is 13.2. The van der Waals surface area contributed by atoms with Crippen molar-refractivity contribution in [3.63, 3.8) is 0 Å². The second-order valence-corrected chi connectivity index (χ2v) is 9.06. The Labute approximate surface area is 182 Å². The molecule has 4 aromatic rings. The molecule has 1 N–H and O–H groups in total. The third kappa shape index (κ3) is 4.13. The fourth-order valence-electron chi connectivity index (χ4n) is 2.79. The number of aromatic amines is 1. The molecule has 0 fully saturated rings. The quantitative estimate of drug-likeness (QED) is 0.362. The Balaban J connectivity index is 1.83. The van der Waals surface area contributed by atoms with Crippen molar-refractivity contribution in [2.45, 2.75) is 26.2 Å². The van der Waals surface area contributed by atoms with Crippen molar-refractivity contribution in [3.8, 4) is 16.4 Å². The minimum atomic E-state index is -0.304. The zero-order valence-corrected chi connectivity index (χ0v) is 18.3. The number of H-pyrrole nitrogens is 1. The SMILES string of the molecule is CC(C)(C)c1csc(-n2[nH]c(-c3ccccc3)c(N=Nc3ccc(Cl)cc3)c2=O)n1. The van der Waals surface area contributed by atoms with Gasteiger partial charge in [-0.3, -0.25) is 9.89 Å². The van der Waals surface area contributed by atoms with Crippen LogP contribution in [0.5, 0.6) is 0 Å². The molecule has 0 amide bonds. The standard InChI is InChI=1S/C22H20ClN5OS/c1-22(2,3)17-13-30-21(24-17)28-20(29)19(18(27-28)14-7-5-4-6-8-14)26-25-16-11-9-15(23)10-12-16/h4-13,27H,1-3H3. The molecule has 30 heavy (non-hydrogen) atoms. The number of thiazole rings is 1. The van der Waals surface area contributed by atoms with Crippen LogP contribution < -0.4 is 5.56 Å². The van der Waals surface area contributed by atoms with Crippen molar-refractivity contribution in [1.29, 1.82) is 0 Å². The molecule has 0 spiro atoms. The predicted molar refractivity (Wildman–Crippen MR) is 122 cm³/mol. The maximum Gasteiger partial charge on any atom is 0.301 e. The summed E-state index contributed by atoms with van der Waals surface area (Å²) < 4.78 is 1.43. The largest absolute Gasteiger partial charge is 0.301 e. The van der Waals surface area contributed by atoms with Gasteiger partial charge in [0.25, 0.3) is 0 Å². The number of hydrogen-bond donors (Lipinski definition) is 1. The van der Waals surface area contributed by atoms with Crippen molar-refractivity contribution in [1.82, 2.24) is 14.8 Å². The number of rotatable bonds is 4. The molecule has 0 aliphatic heterocycles. The Morgan fingerprint density at radius 2 is 1.73 bits per heavy atom. The molecule has 152 valence electrons. The summed E-state index contributed by atoms with van der Waals surface area (Å²) in [5.74, 6) is 0. The lowest BCUT2D eigenvalue weighted by molar-refractivity contribution is 0.571. The third-order valence-electron chi connectivity index (χ3n) is 4.47. The molecule has 0 radical (unpaired) electrons. The Bertz CT molecular complexity index is 1250. The van der Waals surface area contributed by atoms with Gasteiger partial charge in [0.05, 0.1) is 17.1 Å². The van der Waals surface area contributed by atoms with Crippen molar-refractivity contribution >= 4 is 34.3 Å². The lowest BCUT2D eigenvalue weighted by Crippen LogP contribution is -2.16. The van der Waals surface area contributed by atoms with Gasteiger partial charge in [-0.2, -0.15) is 9.80 Å². The third-order valence-corrected chi connectivity index (χ3v) is 5.55. The van der Waals surface area contributed by atoms with Gasteiger partial charge in [0, 0.05) is 21.4 Å². The van der Waals surface area contributed by atoms with Gasteiger partial charge in [-0.05, 0) is 24.3 Å². The van der Waals surface area contributed by atoms with E-state index >= 15 is 0 Å². The van der Waals surface area contributed by atoms with E-state index in [9.17, 15) is 4.79 Å². The summed E-state index contributed by atoms with van der Waals surface area (Å²) in [5.41, 5.74) is 2.77. The summed E-state index contributed by atoms with van der Waals surface area (Å²) in [6.07, 6.45) is 0. The second kappa shape index (κ2) is 8.01. The van der Waals surface area contributed by atoms with E-state index in [4.69, 9.17) is 11.6 Å². The Morgan fingerprint density at radius 3 is 2.37 bits per heavy atom. The van der Waals surface area contributed by atoms with Crippen LogP contribution in [0.4, 0.5) is 11.4 Å². The summed E-state index contributed by atoms with van der Waals surface area (Å²) >= 11 is 7.34. The van der Waals surface area contributed by atoms with Crippen molar-refractivity contribution in [2.24, 2.45) is 10.2 Å². The molecule has 6 nitrogen and oxygen atoms in total. The molecule has 4 rings (SSSR count). The molecule has 0 saturated heterocycles. The van der Waals surface area contributed by atoms with Crippen LogP contribution in [0.1, 0.15) is 26.5 Å². The molecular formula is C22H20ClN5OS. The van der Waals surface area contributed by atoms with Crippen molar-refractivity contribution < 1.29 is 0 Å². The summed E-state index contributed by atoms with van der Waals surface area (Å²) in [6.45, 7) is 6.26. The van der Waals surface area contributed by atoms with Gasteiger partial charge < -0.3 is 0 Å². The number of halogens is 1. The van der Waals surface area contributed by atoms with Crippen LogP contribution in [0, 0.1) is 0 Å². The van der Waals surface area contributed by atoms with Gasteiger partial charge in [-0.1, -0.05) is 62.7 Å². The van der Waals surface area contributed by atoms with Crippen LogP contribution in [0.3, 0.4) is 0 Å². The topological polar surface area (TPSA) is 75.4 Å². The van der Waals surface area contributed by atoms with Crippen molar-refractivity contribution in [2.75, 3.05) is 0 Å². The number of benzene rings is 2. The second-order valence-electron chi connectivity index (χ2n) is 7.78. The van der Waals surface area contributed by atoms with Gasteiger partial charge in [0.2, 0.25) is 5.13 Å². The lowest BCUT2D eigenvalue weighted by Gasteiger charge is -2.14. The monoisotopic (exact) mass is 437 g/mol. The van der Waals surface area contributed by atoms with Gasteiger partial charge >= 0.3 is 5.56 Å². The molecule has 0 aliphatic carbocycles. The van der Waals surface area contributed by atoms with E-state index < -0.39 is 0 Å². The molecule has 0 saturated carbocycles. The predicted octanol–water partition coefficient (Wildman–Crippen LogP) is 6.66. The minimum absolute atomic E-state index is 0.107. The van der Waals surface area contributed by atoms with Crippen LogP contribution in [0.15, 0.2) is 75.0 Å². The average Bonchev–Trinajstić information content (AvgIpc) is 3.33. The van der Waals surface area contributed by atoms with Gasteiger partial charge in [0.1, 0.15) is 0 Å².